The van der Waals surface area contributed by atoms with E-state index in [1.807, 2.05) is 66.8 Å². The summed E-state index contributed by atoms with van der Waals surface area (Å²) in [5.74, 6) is 0. The average Bonchev–Trinajstić information content (AvgIpc) is 3.32. The quantitative estimate of drug-likeness (QED) is 0.288. The Morgan fingerprint density at radius 1 is 0.654 bits per heavy atom. The SMILES string of the molecule is Cl.[Mn].[c-]1cc2cc3nc(cc4nc(cc5ccc(cc1[nH]2)[nH]5)C=C4)C=C3. The molecule has 0 saturated heterocycles. The van der Waals surface area contributed by atoms with Crippen molar-refractivity contribution in [2.45, 2.75) is 0 Å². The van der Waals surface area contributed by atoms with Gasteiger partial charge in [-0.15, -0.1) is 18.5 Å². The van der Waals surface area contributed by atoms with Crippen LogP contribution in [0.5, 0.6) is 0 Å². The molecule has 3 aromatic rings. The number of fused-ring (bicyclic) bond motifs is 8. The Morgan fingerprint density at radius 3 is 1.85 bits per heavy atom. The van der Waals surface area contributed by atoms with E-state index >= 15 is 0 Å². The fraction of sp³-hybridized carbons (Fsp3) is 0. The average molecular weight is 401 g/mol. The van der Waals surface area contributed by atoms with Crippen molar-refractivity contribution in [2.75, 3.05) is 0 Å². The van der Waals surface area contributed by atoms with E-state index in [-0.39, 0.29) is 29.5 Å². The zero-order chi connectivity index (χ0) is 15.9. The summed E-state index contributed by atoms with van der Waals surface area (Å²) in [5.41, 5.74) is 7.59. The third kappa shape index (κ3) is 3.65. The summed E-state index contributed by atoms with van der Waals surface area (Å²) in [6, 6.07) is 17.3. The van der Waals surface area contributed by atoms with Crippen LogP contribution in [0.4, 0.5) is 0 Å². The van der Waals surface area contributed by atoms with Crippen molar-refractivity contribution >= 4 is 58.8 Å². The predicted molar refractivity (Wildman–Crippen MR) is 105 cm³/mol. The standard InChI is InChI=1S/C20H13N4.ClH.Mn/c1-2-14-10-16-5-6-18(23-16)12-20-8-7-19(24-20)11-17-4-3-15(22-17)9-13(1)21-14;;/h1-7,9-12,23-24H;1H;/q-1;;. The number of aromatic amines is 2. The molecule has 3 aromatic heterocycles. The number of halogens is 1. The summed E-state index contributed by atoms with van der Waals surface area (Å²) in [7, 11) is 0. The summed E-state index contributed by atoms with van der Waals surface area (Å²) in [4.78, 5) is 15.9. The van der Waals surface area contributed by atoms with E-state index < -0.39 is 0 Å². The van der Waals surface area contributed by atoms with E-state index in [1.165, 1.54) is 0 Å². The van der Waals surface area contributed by atoms with E-state index in [0.717, 1.165) is 44.8 Å². The van der Waals surface area contributed by atoms with Gasteiger partial charge in [0.2, 0.25) is 0 Å². The molecule has 0 fully saturated rings. The van der Waals surface area contributed by atoms with Gasteiger partial charge in [0.15, 0.2) is 0 Å². The van der Waals surface area contributed by atoms with Gasteiger partial charge in [0.1, 0.15) is 0 Å². The van der Waals surface area contributed by atoms with Gasteiger partial charge in [0, 0.05) is 22.6 Å². The number of hydrogen-bond donors (Lipinski definition) is 2. The number of rotatable bonds is 0. The molecule has 2 aliphatic heterocycles. The third-order valence-corrected chi connectivity index (χ3v) is 3.96. The van der Waals surface area contributed by atoms with E-state index in [1.54, 1.807) is 0 Å². The molecule has 0 spiro atoms. The number of nitrogens with one attached hydrogen (secondary N) is 2. The first-order valence-electron chi connectivity index (χ1n) is 7.76. The molecule has 5 rings (SSSR count). The molecule has 5 heterocycles. The molecule has 8 bridgehead atoms. The molecule has 2 aliphatic rings. The normalized spacial score (nSPS) is 11.7. The molecule has 1 radical (unpaired) electrons. The van der Waals surface area contributed by atoms with Crippen LogP contribution >= 0.6 is 12.4 Å². The van der Waals surface area contributed by atoms with Crippen molar-refractivity contribution in [1.29, 1.82) is 0 Å². The van der Waals surface area contributed by atoms with Gasteiger partial charge in [-0.2, -0.15) is 12.1 Å². The molecule has 0 unspecified atom stereocenters. The van der Waals surface area contributed by atoms with E-state index in [4.69, 9.17) is 0 Å². The van der Waals surface area contributed by atoms with Crippen LogP contribution in [0.15, 0.2) is 42.5 Å². The van der Waals surface area contributed by atoms with Crippen LogP contribution in [0.25, 0.3) is 46.4 Å². The zero-order valence-electron chi connectivity index (χ0n) is 13.5. The Morgan fingerprint density at radius 2 is 1.19 bits per heavy atom. The third-order valence-electron chi connectivity index (χ3n) is 3.96. The van der Waals surface area contributed by atoms with E-state index in [9.17, 15) is 0 Å². The maximum absolute atomic E-state index is 4.61. The number of aromatic nitrogens is 4. The number of nitrogens with zero attached hydrogens (tertiary/aromatic N) is 2. The largest absolute Gasteiger partial charge is 0.428 e. The van der Waals surface area contributed by atoms with Gasteiger partial charge in [-0.3, -0.25) is 4.98 Å². The van der Waals surface area contributed by atoms with Gasteiger partial charge in [-0.1, -0.05) is 17.1 Å². The molecule has 129 valence electrons. The zero-order valence-corrected chi connectivity index (χ0v) is 15.5. The van der Waals surface area contributed by atoms with Crippen LogP contribution in [0.3, 0.4) is 0 Å². The Kier molecular flexibility index (Phi) is 5.14. The summed E-state index contributed by atoms with van der Waals surface area (Å²) in [6.07, 6.45) is 8.01. The van der Waals surface area contributed by atoms with Crippen LogP contribution in [0.2, 0.25) is 0 Å². The molecule has 0 aliphatic carbocycles. The van der Waals surface area contributed by atoms with Crippen LogP contribution < -0.4 is 0 Å². The monoisotopic (exact) mass is 400 g/mol. The Labute approximate surface area is 167 Å². The van der Waals surface area contributed by atoms with Crippen LogP contribution in [0.1, 0.15) is 22.8 Å². The minimum absolute atomic E-state index is 0. The first-order chi connectivity index (χ1) is 11.8. The van der Waals surface area contributed by atoms with Crippen molar-refractivity contribution in [3.05, 3.63) is 71.3 Å². The maximum Gasteiger partial charge on any atom is 0.0659 e. The first-order valence-corrected chi connectivity index (χ1v) is 7.76. The molecular weight excluding hydrogens is 387 g/mol. The molecule has 0 atom stereocenters. The minimum atomic E-state index is 0. The summed E-state index contributed by atoms with van der Waals surface area (Å²) >= 11 is 0. The van der Waals surface area contributed by atoms with Gasteiger partial charge in [-0.05, 0) is 54.1 Å². The van der Waals surface area contributed by atoms with Crippen molar-refractivity contribution in [2.24, 2.45) is 0 Å². The van der Waals surface area contributed by atoms with Gasteiger partial charge in [-0.25, -0.2) is 4.98 Å². The van der Waals surface area contributed by atoms with Crippen LogP contribution in [0, 0.1) is 6.07 Å². The molecule has 0 amide bonds. The number of H-pyrrole nitrogens is 2. The predicted octanol–water partition coefficient (Wildman–Crippen LogP) is 4.88. The van der Waals surface area contributed by atoms with Crippen LogP contribution in [-0.2, 0) is 17.1 Å². The van der Waals surface area contributed by atoms with Gasteiger partial charge >= 0.3 is 0 Å². The number of hydrogen-bond acceptors (Lipinski definition) is 2. The Bertz CT molecular complexity index is 1080. The topological polar surface area (TPSA) is 57.4 Å². The fourth-order valence-corrected chi connectivity index (χ4v) is 2.87. The van der Waals surface area contributed by atoms with Gasteiger partial charge in [0.25, 0.3) is 0 Å². The van der Waals surface area contributed by atoms with Crippen molar-refractivity contribution in [3.63, 3.8) is 0 Å². The summed E-state index contributed by atoms with van der Waals surface area (Å²) in [5, 5.41) is 0. The molecule has 4 nitrogen and oxygen atoms in total. The van der Waals surface area contributed by atoms with Crippen molar-refractivity contribution < 1.29 is 17.1 Å². The summed E-state index contributed by atoms with van der Waals surface area (Å²) in [6.45, 7) is 0. The second kappa shape index (κ2) is 7.34. The summed E-state index contributed by atoms with van der Waals surface area (Å²) < 4.78 is 0. The maximum atomic E-state index is 4.61. The van der Waals surface area contributed by atoms with Gasteiger partial charge in [0.05, 0.1) is 22.8 Å². The van der Waals surface area contributed by atoms with Crippen molar-refractivity contribution in [1.82, 2.24) is 19.9 Å². The van der Waals surface area contributed by atoms with Crippen LogP contribution in [-0.4, -0.2) is 19.9 Å². The first kappa shape index (κ1) is 18.2. The molecule has 26 heavy (non-hydrogen) atoms. The molecule has 0 saturated carbocycles. The Balaban J connectivity index is 0.000000980. The van der Waals surface area contributed by atoms with E-state index in [2.05, 4.69) is 26.0 Å². The second-order valence-corrected chi connectivity index (χ2v) is 5.82. The second-order valence-electron chi connectivity index (χ2n) is 5.82. The smallest absolute Gasteiger partial charge is 0.0659 e. The Hall–Kier alpha value is -2.59. The molecule has 6 heteroatoms. The van der Waals surface area contributed by atoms with Crippen molar-refractivity contribution in [3.8, 4) is 0 Å². The van der Waals surface area contributed by atoms with Gasteiger partial charge < -0.3 is 9.97 Å². The minimum Gasteiger partial charge on any atom is -0.428 e. The molecule has 0 aromatic carbocycles. The fourth-order valence-electron chi connectivity index (χ4n) is 2.87. The van der Waals surface area contributed by atoms with E-state index in [0.29, 0.717) is 0 Å². The molecular formula is C20H14ClMnN4-. The molecule has 2 N–H and O–H groups in total.